The highest BCUT2D eigenvalue weighted by Gasteiger charge is 2.29. The number of hydrogen-bond donors (Lipinski definition) is 2. The minimum atomic E-state index is -1.06. The highest BCUT2D eigenvalue weighted by molar-refractivity contribution is 5.95. The maximum atomic E-state index is 11.7. The molecule has 2 N–H and O–H groups in total. The monoisotopic (exact) mass is 235 g/mol. The summed E-state index contributed by atoms with van der Waals surface area (Å²) in [6.07, 6.45) is 3.45. The molecule has 1 saturated heterocycles. The van der Waals surface area contributed by atoms with E-state index in [4.69, 9.17) is 5.11 Å². The molecule has 0 radical (unpaired) electrons. The van der Waals surface area contributed by atoms with E-state index in [1.807, 2.05) is 0 Å². The predicted octanol–water partition coefficient (Wildman–Crippen LogP) is 0.422. The molecule has 0 bridgehead atoms. The third-order valence-electron chi connectivity index (χ3n) is 2.81. The molecule has 0 saturated carbocycles. The lowest BCUT2D eigenvalue weighted by atomic mass is 10.2. The molecule has 1 unspecified atom stereocenters. The summed E-state index contributed by atoms with van der Waals surface area (Å²) in [5.41, 5.74) is 0.510. The topological polar surface area (TPSA) is 82.5 Å². The van der Waals surface area contributed by atoms with Crippen molar-refractivity contribution in [3.05, 3.63) is 24.0 Å². The van der Waals surface area contributed by atoms with Crippen molar-refractivity contribution in [1.29, 1.82) is 0 Å². The van der Waals surface area contributed by atoms with Crippen LogP contribution >= 0.6 is 0 Å². The number of pyridine rings is 1. The van der Waals surface area contributed by atoms with Crippen molar-refractivity contribution >= 4 is 17.6 Å². The van der Waals surface area contributed by atoms with Crippen LogP contribution in [-0.4, -0.2) is 46.5 Å². The van der Waals surface area contributed by atoms with E-state index in [1.54, 1.807) is 18.0 Å². The molecular weight excluding hydrogens is 222 g/mol. The van der Waals surface area contributed by atoms with Gasteiger partial charge in [-0.1, -0.05) is 0 Å². The Bertz CT molecular complexity index is 461. The largest absolute Gasteiger partial charge is 0.478 e. The fourth-order valence-corrected chi connectivity index (χ4v) is 1.83. The number of amides is 1. The van der Waals surface area contributed by atoms with Gasteiger partial charge >= 0.3 is 5.97 Å². The van der Waals surface area contributed by atoms with Crippen molar-refractivity contribution in [3.63, 3.8) is 0 Å². The third kappa shape index (κ3) is 2.20. The van der Waals surface area contributed by atoms with E-state index < -0.39 is 5.97 Å². The molecule has 17 heavy (non-hydrogen) atoms. The number of nitrogens with one attached hydrogen (secondary N) is 1. The summed E-state index contributed by atoms with van der Waals surface area (Å²) < 4.78 is 0. The van der Waals surface area contributed by atoms with Crippen LogP contribution in [0, 0.1) is 0 Å². The van der Waals surface area contributed by atoms with Crippen LogP contribution in [0.1, 0.15) is 16.8 Å². The zero-order chi connectivity index (χ0) is 12.4. The Morgan fingerprint density at radius 3 is 3.00 bits per heavy atom. The van der Waals surface area contributed by atoms with Gasteiger partial charge in [0.2, 0.25) is 5.91 Å². The summed E-state index contributed by atoms with van der Waals surface area (Å²) in [7, 11) is 1.73. The zero-order valence-electron chi connectivity index (χ0n) is 9.38. The number of likely N-dealkylation sites (N-methyl/N-ethyl adjacent to an activating group) is 1. The Morgan fingerprint density at radius 2 is 2.41 bits per heavy atom. The smallest absolute Gasteiger partial charge is 0.339 e. The first-order valence-corrected chi connectivity index (χ1v) is 5.28. The van der Waals surface area contributed by atoms with Gasteiger partial charge in [-0.05, 0) is 12.5 Å². The second-order valence-electron chi connectivity index (χ2n) is 3.97. The highest BCUT2D eigenvalue weighted by Crippen LogP contribution is 2.19. The van der Waals surface area contributed by atoms with Gasteiger partial charge in [-0.3, -0.25) is 9.78 Å². The number of hydrogen-bond acceptors (Lipinski definition) is 4. The van der Waals surface area contributed by atoms with Crippen molar-refractivity contribution in [1.82, 2.24) is 9.88 Å². The molecular formula is C11H13N3O3. The van der Waals surface area contributed by atoms with Gasteiger partial charge in [-0.15, -0.1) is 0 Å². The summed E-state index contributed by atoms with van der Waals surface area (Å²) in [6, 6.07) is 1.22. The Hall–Kier alpha value is -2.11. The van der Waals surface area contributed by atoms with E-state index in [0.717, 1.165) is 0 Å². The molecule has 2 heterocycles. The first-order chi connectivity index (χ1) is 8.09. The van der Waals surface area contributed by atoms with Crippen molar-refractivity contribution in [2.24, 2.45) is 0 Å². The van der Waals surface area contributed by atoms with Gasteiger partial charge in [-0.2, -0.15) is 0 Å². The fraction of sp³-hybridized carbons (Fsp3) is 0.364. The van der Waals surface area contributed by atoms with Crippen LogP contribution < -0.4 is 5.32 Å². The lowest BCUT2D eigenvalue weighted by molar-refractivity contribution is -0.127. The summed E-state index contributed by atoms with van der Waals surface area (Å²) in [5, 5.41) is 11.9. The number of aromatic carboxylic acids is 1. The SMILES string of the molecule is CN1CCC(Nc2ccncc2C(=O)O)C1=O. The molecule has 1 aliphatic heterocycles. The molecule has 6 heteroatoms. The summed E-state index contributed by atoms with van der Waals surface area (Å²) in [5.74, 6) is -1.07. The van der Waals surface area contributed by atoms with E-state index in [9.17, 15) is 9.59 Å². The van der Waals surface area contributed by atoms with Gasteiger partial charge in [0, 0.05) is 26.0 Å². The lowest BCUT2D eigenvalue weighted by Crippen LogP contribution is -2.31. The molecule has 1 amide bonds. The van der Waals surface area contributed by atoms with E-state index in [-0.39, 0.29) is 17.5 Å². The molecule has 0 aromatic carbocycles. The third-order valence-corrected chi connectivity index (χ3v) is 2.81. The average Bonchev–Trinajstić information content (AvgIpc) is 2.61. The number of nitrogens with zero attached hydrogens (tertiary/aromatic N) is 2. The lowest BCUT2D eigenvalue weighted by Gasteiger charge is -2.14. The number of likely N-dealkylation sites (tertiary alicyclic amines) is 1. The number of carbonyl (C=O) groups is 2. The zero-order valence-corrected chi connectivity index (χ0v) is 9.38. The van der Waals surface area contributed by atoms with E-state index in [2.05, 4.69) is 10.3 Å². The molecule has 1 atom stereocenters. The Kier molecular flexibility index (Phi) is 2.95. The first-order valence-electron chi connectivity index (χ1n) is 5.28. The molecule has 0 aliphatic carbocycles. The van der Waals surface area contributed by atoms with Crippen LogP contribution in [0.15, 0.2) is 18.5 Å². The van der Waals surface area contributed by atoms with E-state index in [1.165, 1.54) is 12.4 Å². The van der Waals surface area contributed by atoms with Crippen molar-refractivity contribution in [3.8, 4) is 0 Å². The van der Waals surface area contributed by atoms with Gasteiger partial charge in [-0.25, -0.2) is 4.79 Å². The number of anilines is 1. The van der Waals surface area contributed by atoms with Gasteiger partial charge < -0.3 is 15.3 Å². The molecule has 0 spiro atoms. The number of aromatic nitrogens is 1. The standard InChI is InChI=1S/C11H13N3O3/c1-14-5-3-9(10(14)15)13-8-2-4-12-6-7(8)11(16)17/h2,4,6,9H,3,5H2,1H3,(H,12,13)(H,16,17). The summed E-state index contributed by atoms with van der Waals surface area (Å²) in [4.78, 5) is 28.0. The Labute approximate surface area is 98.3 Å². The highest BCUT2D eigenvalue weighted by atomic mass is 16.4. The normalized spacial score (nSPS) is 19.5. The van der Waals surface area contributed by atoms with Crippen molar-refractivity contribution in [2.75, 3.05) is 18.9 Å². The molecule has 6 nitrogen and oxygen atoms in total. The number of carbonyl (C=O) groups excluding carboxylic acids is 1. The summed E-state index contributed by atoms with van der Waals surface area (Å²) >= 11 is 0. The number of rotatable bonds is 3. The van der Waals surface area contributed by atoms with Crippen LogP contribution in [0.2, 0.25) is 0 Å². The minimum absolute atomic E-state index is 0.0156. The second-order valence-corrected chi connectivity index (χ2v) is 3.97. The van der Waals surface area contributed by atoms with Crippen LogP contribution in [0.3, 0.4) is 0 Å². The molecule has 1 aromatic rings. The molecule has 2 rings (SSSR count). The van der Waals surface area contributed by atoms with Crippen LogP contribution in [0.25, 0.3) is 0 Å². The Morgan fingerprint density at radius 1 is 1.65 bits per heavy atom. The first kappa shape index (κ1) is 11.4. The summed E-state index contributed by atoms with van der Waals surface area (Å²) in [6.45, 7) is 0.685. The van der Waals surface area contributed by atoms with Gasteiger partial charge in [0.15, 0.2) is 0 Å². The maximum Gasteiger partial charge on any atom is 0.339 e. The van der Waals surface area contributed by atoms with Crippen LogP contribution in [0.4, 0.5) is 5.69 Å². The number of carboxylic acid groups (broad SMARTS) is 1. The molecule has 90 valence electrons. The predicted molar refractivity (Wildman–Crippen MR) is 60.9 cm³/mol. The minimum Gasteiger partial charge on any atom is -0.478 e. The van der Waals surface area contributed by atoms with Gasteiger partial charge in [0.25, 0.3) is 0 Å². The fourth-order valence-electron chi connectivity index (χ4n) is 1.83. The molecule has 1 fully saturated rings. The van der Waals surface area contributed by atoms with Gasteiger partial charge in [0.1, 0.15) is 11.6 Å². The second kappa shape index (κ2) is 4.40. The maximum absolute atomic E-state index is 11.7. The average molecular weight is 235 g/mol. The molecule has 1 aliphatic rings. The number of carboxylic acids is 1. The van der Waals surface area contributed by atoms with E-state index in [0.29, 0.717) is 18.7 Å². The van der Waals surface area contributed by atoms with Crippen LogP contribution in [0.5, 0.6) is 0 Å². The van der Waals surface area contributed by atoms with Crippen LogP contribution in [-0.2, 0) is 4.79 Å². The Balaban J connectivity index is 2.19. The van der Waals surface area contributed by atoms with Crippen molar-refractivity contribution < 1.29 is 14.7 Å². The van der Waals surface area contributed by atoms with Gasteiger partial charge in [0.05, 0.1) is 5.69 Å². The van der Waals surface area contributed by atoms with Crippen molar-refractivity contribution in [2.45, 2.75) is 12.5 Å². The quantitative estimate of drug-likeness (QED) is 0.793. The van der Waals surface area contributed by atoms with E-state index >= 15 is 0 Å². The molecule has 1 aromatic heterocycles.